The molecule has 0 bridgehead atoms. The number of hydrogen-bond donors (Lipinski definition) is 1. The Balaban J connectivity index is 1.39. The maximum atomic E-state index is 6.12. The highest BCUT2D eigenvalue weighted by Crippen LogP contribution is 2.24. The molecule has 3 rings (SSSR count). The Hall–Kier alpha value is -3.14. The highest BCUT2D eigenvalue weighted by atomic mass is 16.5. The Bertz CT molecular complexity index is 858. The summed E-state index contributed by atoms with van der Waals surface area (Å²) < 4.78 is 17.5. The SMILES string of the molecule is Cc1cccc(C)c1OC(C)CNc1ccc(OCCOc2ccccc2)cc1. The lowest BCUT2D eigenvalue weighted by Gasteiger charge is -2.19. The summed E-state index contributed by atoms with van der Waals surface area (Å²) in [5, 5.41) is 3.41. The molecule has 4 nitrogen and oxygen atoms in total. The first-order valence-electron chi connectivity index (χ1n) is 9.99. The average molecular weight is 392 g/mol. The third kappa shape index (κ3) is 6.46. The number of ether oxygens (including phenoxy) is 3. The molecule has 1 unspecified atom stereocenters. The number of nitrogens with one attached hydrogen (secondary N) is 1. The van der Waals surface area contributed by atoms with E-state index in [4.69, 9.17) is 14.2 Å². The first kappa shape index (κ1) is 20.6. The zero-order valence-electron chi connectivity index (χ0n) is 17.4. The van der Waals surface area contributed by atoms with E-state index in [1.54, 1.807) is 0 Å². The van der Waals surface area contributed by atoms with Crippen LogP contribution in [0.15, 0.2) is 72.8 Å². The fourth-order valence-electron chi connectivity index (χ4n) is 2.99. The van der Waals surface area contributed by atoms with Crippen LogP contribution in [0.2, 0.25) is 0 Å². The molecular formula is C25H29NO3. The second-order valence-electron chi connectivity index (χ2n) is 7.06. The molecule has 4 heteroatoms. The predicted octanol–water partition coefficient (Wildman–Crippen LogP) is 5.64. The molecule has 0 radical (unpaired) electrons. The molecule has 29 heavy (non-hydrogen) atoms. The minimum atomic E-state index is 0.0564. The van der Waals surface area contributed by atoms with Gasteiger partial charge in [0.25, 0.3) is 0 Å². The van der Waals surface area contributed by atoms with Crippen molar-refractivity contribution in [2.75, 3.05) is 25.1 Å². The molecule has 0 aliphatic rings. The fraction of sp³-hybridized carbons (Fsp3) is 0.280. The van der Waals surface area contributed by atoms with Crippen LogP contribution in [-0.2, 0) is 0 Å². The van der Waals surface area contributed by atoms with Crippen LogP contribution in [0.1, 0.15) is 18.1 Å². The second kappa shape index (κ2) is 10.4. The standard InChI is InChI=1S/C25H29NO3/c1-19-8-7-9-20(2)25(19)29-21(3)18-26-22-12-14-24(15-13-22)28-17-16-27-23-10-5-4-6-11-23/h4-15,21,26H,16-18H2,1-3H3. The van der Waals surface area contributed by atoms with Crippen LogP contribution in [0.25, 0.3) is 0 Å². The van der Waals surface area contributed by atoms with Crippen molar-refractivity contribution in [2.45, 2.75) is 26.9 Å². The minimum Gasteiger partial charge on any atom is -0.490 e. The molecule has 152 valence electrons. The van der Waals surface area contributed by atoms with E-state index in [1.165, 1.54) is 0 Å². The Morgan fingerprint density at radius 1 is 0.724 bits per heavy atom. The lowest BCUT2D eigenvalue weighted by molar-refractivity contribution is 0.217. The Morgan fingerprint density at radius 2 is 1.31 bits per heavy atom. The molecule has 0 spiro atoms. The molecular weight excluding hydrogens is 362 g/mol. The molecule has 0 fully saturated rings. The van der Waals surface area contributed by atoms with Gasteiger partial charge in [0, 0.05) is 5.69 Å². The highest BCUT2D eigenvalue weighted by Gasteiger charge is 2.09. The molecule has 3 aromatic rings. The van der Waals surface area contributed by atoms with E-state index in [1.807, 2.05) is 54.6 Å². The van der Waals surface area contributed by atoms with E-state index in [0.29, 0.717) is 13.2 Å². The van der Waals surface area contributed by atoms with Gasteiger partial charge in [0.1, 0.15) is 36.6 Å². The van der Waals surface area contributed by atoms with Gasteiger partial charge in [0.05, 0.1) is 6.54 Å². The predicted molar refractivity (Wildman–Crippen MR) is 118 cm³/mol. The van der Waals surface area contributed by atoms with E-state index in [9.17, 15) is 0 Å². The average Bonchev–Trinajstić information content (AvgIpc) is 2.74. The van der Waals surface area contributed by atoms with Crippen LogP contribution in [0.3, 0.4) is 0 Å². The van der Waals surface area contributed by atoms with Crippen LogP contribution in [0.5, 0.6) is 17.2 Å². The van der Waals surface area contributed by atoms with E-state index in [0.717, 1.165) is 40.6 Å². The lowest BCUT2D eigenvalue weighted by Crippen LogP contribution is -2.23. The first-order chi connectivity index (χ1) is 14.1. The highest BCUT2D eigenvalue weighted by molar-refractivity contribution is 5.46. The van der Waals surface area contributed by atoms with Crippen molar-refractivity contribution in [2.24, 2.45) is 0 Å². The molecule has 0 amide bonds. The van der Waals surface area contributed by atoms with Gasteiger partial charge in [0.2, 0.25) is 0 Å². The molecule has 0 heterocycles. The van der Waals surface area contributed by atoms with Gasteiger partial charge in [0.15, 0.2) is 0 Å². The van der Waals surface area contributed by atoms with E-state index < -0.39 is 0 Å². The van der Waals surface area contributed by atoms with Crippen molar-refractivity contribution < 1.29 is 14.2 Å². The van der Waals surface area contributed by atoms with Crippen LogP contribution < -0.4 is 19.5 Å². The maximum Gasteiger partial charge on any atom is 0.125 e. The van der Waals surface area contributed by atoms with Crippen molar-refractivity contribution in [3.05, 3.63) is 83.9 Å². The number of rotatable bonds is 10. The number of aryl methyl sites for hydroxylation is 2. The smallest absolute Gasteiger partial charge is 0.125 e. The van der Waals surface area contributed by atoms with E-state index >= 15 is 0 Å². The maximum absolute atomic E-state index is 6.12. The van der Waals surface area contributed by atoms with Gasteiger partial charge in [-0.2, -0.15) is 0 Å². The summed E-state index contributed by atoms with van der Waals surface area (Å²) in [7, 11) is 0. The third-order valence-corrected chi connectivity index (χ3v) is 4.54. The summed E-state index contributed by atoms with van der Waals surface area (Å²) in [6.07, 6.45) is 0.0564. The van der Waals surface area contributed by atoms with Gasteiger partial charge in [-0.3, -0.25) is 0 Å². The zero-order valence-corrected chi connectivity index (χ0v) is 17.4. The van der Waals surface area contributed by atoms with Crippen molar-refractivity contribution in [1.29, 1.82) is 0 Å². The fourth-order valence-corrected chi connectivity index (χ4v) is 2.99. The van der Waals surface area contributed by atoms with Crippen molar-refractivity contribution in [1.82, 2.24) is 0 Å². The summed E-state index contributed by atoms with van der Waals surface area (Å²) in [6.45, 7) is 7.96. The van der Waals surface area contributed by atoms with Crippen LogP contribution in [-0.4, -0.2) is 25.9 Å². The van der Waals surface area contributed by atoms with Gasteiger partial charge >= 0.3 is 0 Å². The molecule has 0 aliphatic heterocycles. The van der Waals surface area contributed by atoms with Crippen molar-refractivity contribution >= 4 is 5.69 Å². The quantitative estimate of drug-likeness (QED) is 0.454. The third-order valence-electron chi connectivity index (χ3n) is 4.54. The Morgan fingerprint density at radius 3 is 1.93 bits per heavy atom. The van der Waals surface area contributed by atoms with Crippen molar-refractivity contribution in [3.63, 3.8) is 0 Å². The monoisotopic (exact) mass is 391 g/mol. The minimum absolute atomic E-state index is 0.0564. The van der Waals surface area contributed by atoms with Gasteiger partial charge in [-0.05, 0) is 68.3 Å². The summed E-state index contributed by atoms with van der Waals surface area (Å²) in [5.74, 6) is 2.66. The van der Waals surface area contributed by atoms with Gasteiger partial charge < -0.3 is 19.5 Å². The first-order valence-corrected chi connectivity index (χ1v) is 9.99. The topological polar surface area (TPSA) is 39.7 Å². The van der Waals surface area contributed by atoms with E-state index in [-0.39, 0.29) is 6.10 Å². The van der Waals surface area contributed by atoms with Crippen LogP contribution in [0, 0.1) is 13.8 Å². The van der Waals surface area contributed by atoms with Crippen molar-refractivity contribution in [3.8, 4) is 17.2 Å². The molecule has 1 N–H and O–H groups in total. The number of para-hydroxylation sites is 2. The van der Waals surface area contributed by atoms with Gasteiger partial charge in [-0.15, -0.1) is 0 Å². The molecule has 0 aromatic heterocycles. The zero-order chi connectivity index (χ0) is 20.5. The Labute approximate surface area is 173 Å². The lowest BCUT2D eigenvalue weighted by atomic mass is 10.1. The summed E-state index contributed by atoms with van der Waals surface area (Å²) in [6, 6.07) is 23.9. The summed E-state index contributed by atoms with van der Waals surface area (Å²) in [5.41, 5.74) is 3.36. The van der Waals surface area contributed by atoms with E-state index in [2.05, 4.69) is 44.3 Å². The largest absolute Gasteiger partial charge is 0.490 e. The molecule has 0 saturated heterocycles. The number of anilines is 1. The normalized spacial score (nSPS) is 11.6. The molecule has 0 saturated carbocycles. The molecule has 3 aromatic carbocycles. The molecule has 1 atom stereocenters. The van der Waals surface area contributed by atoms with Crippen LogP contribution in [0.4, 0.5) is 5.69 Å². The number of benzene rings is 3. The number of hydrogen-bond acceptors (Lipinski definition) is 4. The summed E-state index contributed by atoms with van der Waals surface area (Å²) in [4.78, 5) is 0. The Kier molecular flexibility index (Phi) is 7.40. The second-order valence-corrected chi connectivity index (χ2v) is 7.06. The van der Waals surface area contributed by atoms with Gasteiger partial charge in [-0.1, -0.05) is 36.4 Å². The van der Waals surface area contributed by atoms with Gasteiger partial charge in [-0.25, -0.2) is 0 Å². The van der Waals surface area contributed by atoms with Crippen LogP contribution >= 0.6 is 0 Å². The molecule has 0 aliphatic carbocycles. The summed E-state index contributed by atoms with van der Waals surface area (Å²) >= 11 is 0.